The number of hydrogen-bond donors (Lipinski definition) is 0. The highest BCUT2D eigenvalue weighted by Crippen LogP contribution is 2.31. The van der Waals surface area contributed by atoms with E-state index in [4.69, 9.17) is 5.26 Å². The molecule has 0 unspecified atom stereocenters. The summed E-state index contributed by atoms with van der Waals surface area (Å²) in [5.41, 5.74) is 2.07. The first kappa shape index (κ1) is 9.70. The number of fused-ring (bicyclic) bond motifs is 1. The summed E-state index contributed by atoms with van der Waals surface area (Å²) in [5, 5.41) is 11.9. The van der Waals surface area contributed by atoms with Crippen LogP contribution >= 0.6 is 27.3 Å². The molecule has 0 N–H and O–H groups in total. The highest BCUT2D eigenvalue weighted by Gasteiger charge is 2.06. The summed E-state index contributed by atoms with van der Waals surface area (Å²) in [7, 11) is 0. The van der Waals surface area contributed by atoms with Crippen LogP contribution in [0.5, 0.6) is 0 Å². The Kier molecular flexibility index (Phi) is 2.58. The molecule has 1 aromatic carbocycles. The predicted octanol–water partition coefficient (Wildman–Crippen LogP) is 4.10. The summed E-state index contributed by atoms with van der Waals surface area (Å²) in [6.45, 7) is 2.13. The Morgan fingerprint density at radius 1 is 1.50 bits per heavy atom. The molecule has 0 amide bonds. The Morgan fingerprint density at radius 3 is 2.93 bits per heavy atom. The Bertz CT molecular complexity index is 522. The van der Waals surface area contributed by atoms with E-state index in [1.54, 1.807) is 11.3 Å². The van der Waals surface area contributed by atoms with E-state index < -0.39 is 0 Å². The third-order valence-electron chi connectivity index (χ3n) is 2.24. The van der Waals surface area contributed by atoms with Gasteiger partial charge in [0, 0.05) is 19.9 Å². The standard InChI is InChI=1S/C11H8BrNS/c1-2-7-3-11-9(4-10(7)12)8(5-13)6-14-11/h3-4,6H,2H2,1H3. The van der Waals surface area contributed by atoms with Gasteiger partial charge in [-0.1, -0.05) is 22.9 Å². The molecule has 0 saturated heterocycles. The number of hydrogen-bond acceptors (Lipinski definition) is 2. The fraction of sp³-hybridized carbons (Fsp3) is 0.182. The Hall–Kier alpha value is -0.850. The molecule has 14 heavy (non-hydrogen) atoms. The Morgan fingerprint density at radius 2 is 2.29 bits per heavy atom. The van der Waals surface area contributed by atoms with Gasteiger partial charge in [0.05, 0.1) is 5.56 Å². The minimum absolute atomic E-state index is 0.772. The van der Waals surface area contributed by atoms with Crippen LogP contribution in [0.15, 0.2) is 22.0 Å². The van der Waals surface area contributed by atoms with Crippen LogP contribution < -0.4 is 0 Å². The van der Waals surface area contributed by atoms with Gasteiger partial charge in [-0.3, -0.25) is 0 Å². The molecule has 1 heterocycles. The van der Waals surface area contributed by atoms with Gasteiger partial charge < -0.3 is 0 Å². The molecular weight excluding hydrogens is 258 g/mol. The van der Waals surface area contributed by atoms with Gasteiger partial charge >= 0.3 is 0 Å². The van der Waals surface area contributed by atoms with Gasteiger partial charge in [0.15, 0.2) is 0 Å². The molecule has 0 bridgehead atoms. The summed E-state index contributed by atoms with van der Waals surface area (Å²) >= 11 is 5.15. The van der Waals surface area contributed by atoms with Gasteiger partial charge in [0.25, 0.3) is 0 Å². The van der Waals surface area contributed by atoms with E-state index in [2.05, 4.69) is 35.0 Å². The van der Waals surface area contributed by atoms with Crippen molar-refractivity contribution in [2.45, 2.75) is 13.3 Å². The first-order chi connectivity index (χ1) is 6.76. The maximum Gasteiger partial charge on any atom is 0.101 e. The van der Waals surface area contributed by atoms with E-state index in [-0.39, 0.29) is 0 Å². The van der Waals surface area contributed by atoms with Crippen molar-refractivity contribution in [3.05, 3.63) is 33.1 Å². The summed E-state index contributed by atoms with van der Waals surface area (Å²) in [5.74, 6) is 0. The van der Waals surface area contributed by atoms with E-state index in [0.717, 1.165) is 21.8 Å². The first-order valence-electron chi connectivity index (χ1n) is 4.36. The van der Waals surface area contributed by atoms with Crippen molar-refractivity contribution in [1.82, 2.24) is 0 Å². The lowest BCUT2D eigenvalue weighted by Gasteiger charge is -2.00. The molecular formula is C11H8BrNS. The van der Waals surface area contributed by atoms with Gasteiger partial charge in [-0.25, -0.2) is 0 Å². The quantitative estimate of drug-likeness (QED) is 0.762. The SMILES string of the molecule is CCc1cc2scc(C#N)c2cc1Br. The van der Waals surface area contributed by atoms with Crippen LogP contribution in [-0.2, 0) is 6.42 Å². The van der Waals surface area contributed by atoms with E-state index in [0.29, 0.717) is 0 Å². The average Bonchev–Trinajstić information content (AvgIpc) is 2.58. The smallest absolute Gasteiger partial charge is 0.101 e. The molecule has 70 valence electrons. The zero-order valence-corrected chi connectivity index (χ0v) is 10.1. The lowest BCUT2D eigenvalue weighted by molar-refractivity contribution is 1.13. The molecule has 0 aliphatic rings. The number of rotatable bonds is 1. The van der Waals surface area contributed by atoms with Crippen molar-refractivity contribution in [2.24, 2.45) is 0 Å². The molecule has 0 spiro atoms. The molecule has 0 saturated carbocycles. The number of nitriles is 1. The fourth-order valence-corrected chi connectivity index (χ4v) is 3.00. The average molecular weight is 266 g/mol. The summed E-state index contributed by atoms with van der Waals surface area (Å²) in [6, 6.07) is 6.41. The fourth-order valence-electron chi connectivity index (χ4n) is 1.45. The van der Waals surface area contributed by atoms with E-state index in [1.807, 2.05) is 11.4 Å². The molecule has 0 fully saturated rings. The molecule has 0 aliphatic heterocycles. The van der Waals surface area contributed by atoms with Crippen molar-refractivity contribution in [3.63, 3.8) is 0 Å². The van der Waals surface area contributed by atoms with Crippen LogP contribution in [0.2, 0.25) is 0 Å². The monoisotopic (exact) mass is 265 g/mol. The number of halogens is 1. The molecule has 0 aliphatic carbocycles. The Labute approximate surface area is 95.1 Å². The van der Waals surface area contributed by atoms with Gasteiger partial charge in [-0.2, -0.15) is 5.26 Å². The topological polar surface area (TPSA) is 23.8 Å². The largest absolute Gasteiger partial charge is 0.192 e. The summed E-state index contributed by atoms with van der Waals surface area (Å²) in [4.78, 5) is 0. The highest BCUT2D eigenvalue weighted by atomic mass is 79.9. The zero-order chi connectivity index (χ0) is 10.1. The minimum atomic E-state index is 0.772. The van der Waals surface area contributed by atoms with Crippen LogP contribution in [0.4, 0.5) is 0 Å². The predicted molar refractivity (Wildman–Crippen MR) is 63.6 cm³/mol. The number of thiophene rings is 1. The molecule has 3 heteroatoms. The molecule has 1 aromatic heterocycles. The third kappa shape index (κ3) is 1.45. The minimum Gasteiger partial charge on any atom is -0.192 e. The first-order valence-corrected chi connectivity index (χ1v) is 6.03. The van der Waals surface area contributed by atoms with Gasteiger partial charge in [0.2, 0.25) is 0 Å². The van der Waals surface area contributed by atoms with Crippen molar-refractivity contribution in [3.8, 4) is 6.07 Å². The lowest BCUT2D eigenvalue weighted by atomic mass is 10.1. The molecule has 0 atom stereocenters. The van der Waals surface area contributed by atoms with E-state index in [1.165, 1.54) is 10.3 Å². The molecule has 1 nitrogen and oxygen atoms in total. The second-order valence-corrected chi connectivity index (χ2v) is 4.82. The van der Waals surface area contributed by atoms with Gasteiger partial charge in [0.1, 0.15) is 6.07 Å². The molecule has 2 rings (SSSR count). The summed E-state index contributed by atoms with van der Waals surface area (Å²) < 4.78 is 2.30. The maximum atomic E-state index is 8.88. The number of nitrogens with zero attached hydrogens (tertiary/aromatic N) is 1. The van der Waals surface area contributed by atoms with Crippen LogP contribution in [-0.4, -0.2) is 0 Å². The number of benzene rings is 1. The van der Waals surface area contributed by atoms with Crippen LogP contribution in [0.1, 0.15) is 18.1 Å². The normalized spacial score (nSPS) is 10.4. The highest BCUT2D eigenvalue weighted by molar-refractivity contribution is 9.10. The van der Waals surface area contributed by atoms with Crippen LogP contribution in [0.25, 0.3) is 10.1 Å². The lowest BCUT2D eigenvalue weighted by Crippen LogP contribution is -1.81. The van der Waals surface area contributed by atoms with E-state index in [9.17, 15) is 0 Å². The second-order valence-electron chi connectivity index (χ2n) is 3.05. The van der Waals surface area contributed by atoms with Gasteiger partial charge in [-0.05, 0) is 24.1 Å². The Balaban J connectivity index is 2.77. The summed E-state index contributed by atoms with van der Waals surface area (Å²) in [6.07, 6.45) is 1.01. The van der Waals surface area contributed by atoms with Crippen molar-refractivity contribution in [2.75, 3.05) is 0 Å². The molecule has 0 radical (unpaired) electrons. The van der Waals surface area contributed by atoms with Crippen LogP contribution in [0.3, 0.4) is 0 Å². The van der Waals surface area contributed by atoms with Crippen molar-refractivity contribution >= 4 is 37.4 Å². The molecule has 2 aromatic rings. The van der Waals surface area contributed by atoms with Crippen molar-refractivity contribution < 1.29 is 0 Å². The second kappa shape index (κ2) is 3.72. The van der Waals surface area contributed by atoms with Gasteiger partial charge in [-0.15, -0.1) is 11.3 Å². The van der Waals surface area contributed by atoms with Crippen LogP contribution in [0, 0.1) is 11.3 Å². The third-order valence-corrected chi connectivity index (χ3v) is 3.93. The maximum absolute atomic E-state index is 8.88. The number of aryl methyl sites for hydroxylation is 1. The van der Waals surface area contributed by atoms with E-state index >= 15 is 0 Å². The zero-order valence-electron chi connectivity index (χ0n) is 7.67. The van der Waals surface area contributed by atoms with Crippen molar-refractivity contribution in [1.29, 1.82) is 5.26 Å².